The Morgan fingerprint density at radius 3 is 2.35 bits per heavy atom. The lowest BCUT2D eigenvalue weighted by molar-refractivity contribution is -0.146. The predicted octanol–water partition coefficient (Wildman–Crippen LogP) is 0.545. The number of carbonyl (C=O) groups excluding carboxylic acids is 1. The zero-order chi connectivity index (χ0) is 15.3. The lowest BCUT2D eigenvalue weighted by Gasteiger charge is -2.26. The summed E-state index contributed by atoms with van der Waals surface area (Å²) in [5.41, 5.74) is -1.37. The molecule has 0 aliphatic heterocycles. The molecule has 0 aromatic heterocycles. The van der Waals surface area contributed by atoms with Gasteiger partial charge in [-0.25, -0.2) is 9.18 Å². The first-order valence-electron chi connectivity index (χ1n) is 5.85. The van der Waals surface area contributed by atoms with E-state index < -0.39 is 35.9 Å². The van der Waals surface area contributed by atoms with Gasteiger partial charge in [-0.05, 0) is 38.1 Å². The van der Waals surface area contributed by atoms with Gasteiger partial charge in [-0.3, -0.25) is 4.79 Å². The first-order chi connectivity index (χ1) is 9.26. The average molecular weight is 285 g/mol. The van der Waals surface area contributed by atoms with E-state index in [9.17, 15) is 14.0 Å². The number of carbonyl (C=O) groups is 2. The van der Waals surface area contributed by atoms with Gasteiger partial charge in [0.05, 0.1) is 6.61 Å². The van der Waals surface area contributed by atoms with Gasteiger partial charge in [0.15, 0.2) is 5.60 Å². The van der Waals surface area contributed by atoms with Gasteiger partial charge in [0.25, 0.3) is 5.91 Å². The minimum Gasteiger partial charge on any atom is -0.480 e. The van der Waals surface area contributed by atoms with Gasteiger partial charge in [-0.15, -0.1) is 0 Å². The Hall–Kier alpha value is -2.15. The number of hydrogen-bond acceptors (Lipinski definition) is 4. The molecule has 1 aromatic rings. The second-order valence-electron chi connectivity index (χ2n) is 4.61. The van der Waals surface area contributed by atoms with Crippen LogP contribution in [-0.4, -0.2) is 40.3 Å². The number of nitrogens with one attached hydrogen (secondary N) is 1. The van der Waals surface area contributed by atoms with E-state index in [1.807, 2.05) is 0 Å². The Kier molecular flexibility index (Phi) is 5.04. The van der Waals surface area contributed by atoms with Crippen LogP contribution in [0.15, 0.2) is 24.3 Å². The van der Waals surface area contributed by atoms with Crippen LogP contribution in [0, 0.1) is 5.82 Å². The lowest BCUT2D eigenvalue weighted by atomic mass is 10.1. The van der Waals surface area contributed by atoms with Gasteiger partial charge in [0.2, 0.25) is 0 Å². The van der Waals surface area contributed by atoms with Crippen molar-refractivity contribution in [2.75, 3.05) is 6.61 Å². The lowest BCUT2D eigenvalue weighted by Crippen LogP contribution is -2.53. The van der Waals surface area contributed by atoms with E-state index in [-0.39, 0.29) is 5.75 Å². The predicted molar refractivity (Wildman–Crippen MR) is 67.8 cm³/mol. The summed E-state index contributed by atoms with van der Waals surface area (Å²) in [4.78, 5) is 22.7. The molecule has 0 saturated carbocycles. The molecule has 1 rings (SSSR count). The summed E-state index contributed by atoms with van der Waals surface area (Å²) in [5, 5.41) is 19.8. The van der Waals surface area contributed by atoms with Crippen LogP contribution in [-0.2, 0) is 9.59 Å². The summed E-state index contributed by atoms with van der Waals surface area (Å²) in [6.45, 7) is 2.14. The zero-order valence-electron chi connectivity index (χ0n) is 11.1. The van der Waals surface area contributed by atoms with Crippen LogP contribution in [0.5, 0.6) is 5.75 Å². The number of ether oxygens (including phenoxy) is 1. The Bertz CT molecular complexity index is 486. The fourth-order valence-electron chi connectivity index (χ4n) is 1.36. The molecule has 7 heteroatoms. The maximum atomic E-state index is 12.8. The third-order valence-corrected chi connectivity index (χ3v) is 2.52. The van der Waals surface area contributed by atoms with Crippen LogP contribution in [0.4, 0.5) is 4.39 Å². The number of halogens is 1. The smallest absolute Gasteiger partial charge is 0.328 e. The van der Waals surface area contributed by atoms with Crippen LogP contribution in [0.1, 0.15) is 13.8 Å². The van der Waals surface area contributed by atoms with E-state index in [1.165, 1.54) is 38.1 Å². The van der Waals surface area contributed by atoms with Gasteiger partial charge in [-0.2, -0.15) is 0 Å². The van der Waals surface area contributed by atoms with Crippen LogP contribution >= 0.6 is 0 Å². The van der Waals surface area contributed by atoms with Crippen molar-refractivity contribution in [2.24, 2.45) is 0 Å². The van der Waals surface area contributed by atoms with Crippen molar-refractivity contribution in [3.8, 4) is 5.75 Å². The number of carboxylic acid groups (broad SMARTS) is 1. The van der Waals surface area contributed by atoms with E-state index >= 15 is 0 Å². The molecule has 1 unspecified atom stereocenters. The van der Waals surface area contributed by atoms with Crippen molar-refractivity contribution >= 4 is 11.9 Å². The van der Waals surface area contributed by atoms with E-state index in [1.54, 1.807) is 0 Å². The summed E-state index contributed by atoms with van der Waals surface area (Å²) in [5.74, 6) is -2.23. The van der Waals surface area contributed by atoms with Crippen molar-refractivity contribution < 1.29 is 28.9 Å². The van der Waals surface area contributed by atoms with Gasteiger partial charge in [0, 0.05) is 0 Å². The minimum atomic E-state index is -1.40. The number of rotatable bonds is 6. The topological polar surface area (TPSA) is 95.9 Å². The van der Waals surface area contributed by atoms with E-state index in [0.717, 1.165) is 0 Å². The number of aliphatic hydroxyl groups is 1. The summed E-state index contributed by atoms with van der Waals surface area (Å²) in [6, 6.07) is 3.66. The van der Waals surface area contributed by atoms with Gasteiger partial charge in [0.1, 0.15) is 17.6 Å². The van der Waals surface area contributed by atoms with E-state index in [2.05, 4.69) is 5.32 Å². The highest BCUT2D eigenvalue weighted by Gasteiger charge is 2.33. The monoisotopic (exact) mass is 285 g/mol. The van der Waals surface area contributed by atoms with Crippen molar-refractivity contribution in [1.82, 2.24) is 5.32 Å². The van der Waals surface area contributed by atoms with Crippen LogP contribution < -0.4 is 10.1 Å². The molecule has 1 aromatic carbocycles. The van der Waals surface area contributed by atoms with Crippen molar-refractivity contribution in [3.63, 3.8) is 0 Å². The molecule has 110 valence electrons. The number of amides is 1. The Morgan fingerprint density at radius 2 is 1.90 bits per heavy atom. The highest BCUT2D eigenvalue weighted by atomic mass is 19.1. The number of benzene rings is 1. The second kappa shape index (κ2) is 6.33. The van der Waals surface area contributed by atoms with Crippen LogP contribution in [0.3, 0.4) is 0 Å². The molecule has 0 heterocycles. The Balaban J connectivity index is 2.74. The first kappa shape index (κ1) is 15.9. The summed E-state index contributed by atoms with van der Waals surface area (Å²) in [7, 11) is 0. The molecule has 0 aliphatic carbocycles. The first-order valence-corrected chi connectivity index (χ1v) is 5.85. The number of carboxylic acids is 1. The molecule has 0 radical (unpaired) electrons. The highest BCUT2D eigenvalue weighted by molar-refractivity contribution is 5.89. The van der Waals surface area contributed by atoms with Gasteiger partial charge in [-0.1, -0.05) is 0 Å². The molecular formula is C13H16FNO5. The normalized spacial score (nSPS) is 12.6. The average Bonchev–Trinajstić information content (AvgIpc) is 2.37. The minimum absolute atomic E-state index is 0.266. The fourth-order valence-corrected chi connectivity index (χ4v) is 1.36. The molecule has 0 saturated heterocycles. The highest BCUT2D eigenvalue weighted by Crippen LogP contribution is 2.19. The second-order valence-corrected chi connectivity index (χ2v) is 4.61. The van der Waals surface area contributed by atoms with Gasteiger partial charge >= 0.3 is 5.97 Å². The third-order valence-electron chi connectivity index (χ3n) is 2.52. The molecular weight excluding hydrogens is 269 g/mol. The molecule has 3 N–H and O–H groups in total. The maximum Gasteiger partial charge on any atom is 0.328 e. The Labute approximate surface area is 115 Å². The SMILES string of the molecule is CC(C)(Oc1ccc(F)cc1)C(=O)NC(CO)C(=O)O. The number of aliphatic carboxylic acids is 1. The fraction of sp³-hybridized carbons (Fsp3) is 0.385. The zero-order valence-corrected chi connectivity index (χ0v) is 11.1. The molecule has 0 fully saturated rings. The molecule has 1 atom stereocenters. The molecule has 0 spiro atoms. The number of hydrogen-bond donors (Lipinski definition) is 3. The molecule has 0 aliphatic rings. The summed E-state index contributed by atoms with van der Waals surface area (Å²) in [6.07, 6.45) is 0. The van der Waals surface area contributed by atoms with Gasteiger partial charge < -0.3 is 20.3 Å². The maximum absolute atomic E-state index is 12.8. The Morgan fingerprint density at radius 1 is 1.35 bits per heavy atom. The molecule has 0 bridgehead atoms. The van der Waals surface area contributed by atoms with E-state index in [0.29, 0.717) is 0 Å². The van der Waals surface area contributed by atoms with Crippen LogP contribution in [0.2, 0.25) is 0 Å². The van der Waals surface area contributed by atoms with Crippen molar-refractivity contribution in [1.29, 1.82) is 0 Å². The van der Waals surface area contributed by atoms with Crippen LogP contribution in [0.25, 0.3) is 0 Å². The molecule has 6 nitrogen and oxygen atoms in total. The standard InChI is InChI=1S/C13H16FNO5/c1-13(2,12(19)15-10(7-16)11(17)18)20-9-5-3-8(14)4-6-9/h3-6,10,16H,7H2,1-2H3,(H,15,19)(H,17,18). The largest absolute Gasteiger partial charge is 0.480 e. The number of aliphatic hydroxyl groups excluding tert-OH is 1. The summed E-state index contributed by atoms with van der Waals surface area (Å²) >= 11 is 0. The van der Waals surface area contributed by atoms with Crippen molar-refractivity contribution in [3.05, 3.63) is 30.1 Å². The van der Waals surface area contributed by atoms with Crippen molar-refractivity contribution in [2.45, 2.75) is 25.5 Å². The molecule has 1 amide bonds. The summed E-state index contributed by atoms with van der Waals surface area (Å²) < 4.78 is 18.1. The van der Waals surface area contributed by atoms with E-state index in [4.69, 9.17) is 14.9 Å². The molecule has 20 heavy (non-hydrogen) atoms. The quantitative estimate of drug-likeness (QED) is 0.709. The third kappa shape index (κ3) is 4.20.